The Morgan fingerprint density at radius 3 is 2.41 bits per heavy atom. The Morgan fingerprint density at radius 2 is 1.77 bits per heavy atom. The molecular weight excluding hydrogens is 510 g/mol. The number of hydrogen-bond acceptors (Lipinski definition) is 4. The van der Waals surface area contributed by atoms with Crippen LogP contribution in [-0.2, 0) is 12.0 Å². The number of carbonyl (C=O) groups is 2. The van der Waals surface area contributed by atoms with Crippen molar-refractivity contribution >= 4 is 29.1 Å². The summed E-state index contributed by atoms with van der Waals surface area (Å²) in [6, 6.07) is 11.2. The summed E-state index contributed by atoms with van der Waals surface area (Å²) in [6.45, 7) is 15.9. The first-order chi connectivity index (χ1) is 18.1. The van der Waals surface area contributed by atoms with Crippen molar-refractivity contribution in [1.82, 2.24) is 10.2 Å². The number of aliphatic hydroxyl groups is 1. The zero-order valence-electron chi connectivity index (χ0n) is 24.5. The molecule has 1 fully saturated rings. The molecule has 0 radical (unpaired) electrons. The minimum atomic E-state index is -0.692. The SMILES string of the molecule is CC1(C)CCC(N2CC(C)(C)c3ccc(NC(=O)c4cc(CNC(O)C(C)(C)C)ccc4Cl)cc3C2=O)CC1. The summed E-state index contributed by atoms with van der Waals surface area (Å²) in [5, 5.41) is 16.7. The first-order valence-corrected chi connectivity index (χ1v) is 14.4. The smallest absolute Gasteiger partial charge is 0.257 e. The third-order valence-electron chi connectivity index (χ3n) is 8.41. The molecule has 1 unspecified atom stereocenters. The van der Waals surface area contributed by atoms with E-state index in [4.69, 9.17) is 11.6 Å². The molecule has 6 nitrogen and oxygen atoms in total. The highest BCUT2D eigenvalue weighted by Crippen LogP contribution is 2.41. The van der Waals surface area contributed by atoms with Gasteiger partial charge in [-0.1, -0.05) is 72.2 Å². The van der Waals surface area contributed by atoms with E-state index in [-0.39, 0.29) is 28.7 Å². The monoisotopic (exact) mass is 553 g/mol. The second-order valence-corrected chi connectivity index (χ2v) is 14.3. The number of fused-ring (bicyclic) bond motifs is 1. The first-order valence-electron chi connectivity index (χ1n) is 14.0. The number of amides is 2. The minimum Gasteiger partial charge on any atom is -0.378 e. The summed E-state index contributed by atoms with van der Waals surface area (Å²) in [4.78, 5) is 29.1. The normalized spacial score (nSPS) is 19.9. The van der Waals surface area contributed by atoms with Crippen molar-refractivity contribution < 1.29 is 14.7 Å². The van der Waals surface area contributed by atoms with Gasteiger partial charge in [-0.15, -0.1) is 0 Å². The van der Waals surface area contributed by atoms with Gasteiger partial charge in [0.05, 0.1) is 10.6 Å². The van der Waals surface area contributed by atoms with Gasteiger partial charge in [0.25, 0.3) is 11.8 Å². The van der Waals surface area contributed by atoms with Crippen LogP contribution in [0.3, 0.4) is 0 Å². The molecule has 4 rings (SSSR count). The summed E-state index contributed by atoms with van der Waals surface area (Å²) in [5.41, 5.74) is 3.27. The standard InChI is InChI=1S/C32H44ClN3O3/c1-30(2,3)29(39)34-18-20-8-11-26(33)24(16-20)27(37)35-21-9-10-25-23(17-21)28(38)36(19-32(25,6)7)22-12-14-31(4,5)15-13-22/h8-11,16-17,22,29,34,39H,12-15,18-19H2,1-7H3,(H,35,37). The third kappa shape index (κ3) is 6.67. The largest absolute Gasteiger partial charge is 0.378 e. The van der Waals surface area contributed by atoms with E-state index < -0.39 is 6.23 Å². The Morgan fingerprint density at radius 1 is 1.10 bits per heavy atom. The number of benzene rings is 2. The van der Waals surface area contributed by atoms with Crippen LogP contribution in [0.1, 0.15) is 106 Å². The lowest BCUT2D eigenvalue weighted by Crippen LogP contribution is -2.52. The highest BCUT2D eigenvalue weighted by molar-refractivity contribution is 6.34. The summed E-state index contributed by atoms with van der Waals surface area (Å²) >= 11 is 6.40. The molecular formula is C32H44ClN3O3. The van der Waals surface area contributed by atoms with E-state index in [1.165, 1.54) is 0 Å². The number of nitrogens with zero attached hydrogens (tertiary/aromatic N) is 1. The van der Waals surface area contributed by atoms with Crippen molar-refractivity contribution in [2.45, 2.75) is 98.4 Å². The lowest BCUT2D eigenvalue weighted by atomic mass is 9.73. The molecule has 0 aromatic heterocycles. The molecule has 1 saturated carbocycles. The summed E-state index contributed by atoms with van der Waals surface area (Å²) < 4.78 is 0. The lowest BCUT2D eigenvalue weighted by Gasteiger charge is -2.46. The summed E-state index contributed by atoms with van der Waals surface area (Å²) in [7, 11) is 0. The number of rotatable bonds is 6. The highest BCUT2D eigenvalue weighted by Gasteiger charge is 2.41. The fourth-order valence-electron chi connectivity index (χ4n) is 5.69. The van der Waals surface area contributed by atoms with Crippen molar-refractivity contribution in [3.05, 3.63) is 63.7 Å². The van der Waals surface area contributed by atoms with Crippen LogP contribution < -0.4 is 10.6 Å². The van der Waals surface area contributed by atoms with Crippen molar-refractivity contribution in [2.24, 2.45) is 10.8 Å². The Hall–Kier alpha value is -2.41. The van der Waals surface area contributed by atoms with Crippen molar-refractivity contribution in [3.8, 4) is 0 Å². The van der Waals surface area contributed by atoms with Gasteiger partial charge in [0, 0.05) is 41.2 Å². The highest BCUT2D eigenvalue weighted by atomic mass is 35.5. The van der Waals surface area contributed by atoms with Crippen LogP contribution in [0, 0.1) is 10.8 Å². The average Bonchev–Trinajstić information content (AvgIpc) is 2.85. The predicted molar refractivity (Wildman–Crippen MR) is 158 cm³/mol. The van der Waals surface area contributed by atoms with Gasteiger partial charge < -0.3 is 15.3 Å². The maximum absolute atomic E-state index is 13.7. The average molecular weight is 554 g/mol. The van der Waals surface area contributed by atoms with Gasteiger partial charge in [0.1, 0.15) is 6.23 Å². The minimum absolute atomic E-state index is 0.0497. The van der Waals surface area contributed by atoms with Crippen LogP contribution in [0.4, 0.5) is 5.69 Å². The van der Waals surface area contributed by atoms with Gasteiger partial charge >= 0.3 is 0 Å². The van der Waals surface area contributed by atoms with Crippen LogP contribution in [0.5, 0.6) is 0 Å². The van der Waals surface area contributed by atoms with Crippen molar-refractivity contribution in [1.29, 1.82) is 0 Å². The zero-order chi connectivity index (χ0) is 28.8. The molecule has 1 atom stereocenters. The van der Waals surface area contributed by atoms with E-state index in [0.29, 0.717) is 40.3 Å². The Balaban J connectivity index is 1.52. The molecule has 2 aromatic rings. The van der Waals surface area contributed by atoms with E-state index in [1.807, 2.05) is 45.0 Å². The molecule has 2 aromatic carbocycles. The number of hydrogen-bond donors (Lipinski definition) is 3. The number of halogens is 1. The molecule has 2 aliphatic rings. The number of aliphatic hydroxyl groups excluding tert-OH is 1. The van der Waals surface area contributed by atoms with Crippen LogP contribution in [0.25, 0.3) is 0 Å². The molecule has 1 aliphatic carbocycles. The summed E-state index contributed by atoms with van der Waals surface area (Å²) in [6.07, 6.45) is 3.60. The van der Waals surface area contributed by atoms with Crippen molar-refractivity contribution in [2.75, 3.05) is 11.9 Å². The molecule has 0 saturated heterocycles. The molecule has 3 N–H and O–H groups in total. The van der Waals surface area contributed by atoms with Gasteiger partial charge in [-0.05, 0) is 66.5 Å². The summed E-state index contributed by atoms with van der Waals surface area (Å²) in [5.74, 6) is -0.291. The molecule has 0 bridgehead atoms. The fraction of sp³-hybridized carbons (Fsp3) is 0.562. The van der Waals surface area contributed by atoms with Crippen LogP contribution >= 0.6 is 11.6 Å². The van der Waals surface area contributed by atoms with Gasteiger partial charge in [0.15, 0.2) is 0 Å². The molecule has 39 heavy (non-hydrogen) atoms. The van der Waals surface area contributed by atoms with Gasteiger partial charge in [0.2, 0.25) is 0 Å². The number of nitrogens with one attached hydrogen (secondary N) is 2. The van der Waals surface area contributed by atoms with E-state index >= 15 is 0 Å². The molecule has 0 spiro atoms. The quantitative estimate of drug-likeness (QED) is 0.346. The number of anilines is 1. The number of carbonyl (C=O) groups excluding carboxylic acids is 2. The molecule has 212 valence electrons. The molecule has 2 amide bonds. The maximum Gasteiger partial charge on any atom is 0.257 e. The topological polar surface area (TPSA) is 81.7 Å². The second kappa shape index (κ2) is 10.9. The fourth-order valence-corrected chi connectivity index (χ4v) is 5.90. The van der Waals surface area contributed by atoms with E-state index in [9.17, 15) is 14.7 Å². The predicted octanol–water partition coefficient (Wildman–Crippen LogP) is 6.75. The Bertz CT molecular complexity index is 1240. The Labute approximate surface area is 238 Å². The van der Waals surface area contributed by atoms with E-state index in [1.54, 1.807) is 12.1 Å². The van der Waals surface area contributed by atoms with Gasteiger partial charge in [-0.3, -0.25) is 14.9 Å². The van der Waals surface area contributed by atoms with Crippen molar-refractivity contribution in [3.63, 3.8) is 0 Å². The first kappa shape index (κ1) is 29.6. The van der Waals surface area contributed by atoms with Crippen LogP contribution in [-0.4, -0.2) is 40.6 Å². The molecule has 7 heteroatoms. The molecule has 1 heterocycles. The van der Waals surface area contributed by atoms with E-state index in [2.05, 4.69) is 43.2 Å². The maximum atomic E-state index is 13.7. The second-order valence-electron chi connectivity index (χ2n) is 13.9. The van der Waals surface area contributed by atoms with E-state index in [0.717, 1.165) is 36.8 Å². The van der Waals surface area contributed by atoms with Gasteiger partial charge in [-0.25, -0.2) is 0 Å². The zero-order valence-corrected chi connectivity index (χ0v) is 25.2. The molecule has 1 aliphatic heterocycles. The van der Waals surface area contributed by atoms with Crippen LogP contribution in [0.15, 0.2) is 36.4 Å². The van der Waals surface area contributed by atoms with Gasteiger partial charge in [-0.2, -0.15) is 0 Å². The third-order valence-corrected chi connectivity index (χ3v) is 8.74. The van der Waals surface area contributed by atoms with Crippen LogP contribution in [0.2, 0.25) is 5.02 Å². The Kier molecular flexibility index (Phi) is 8.24. The lowest BCUT2D eigenvalue weighted by molar-refractivity contribution is 0.0317.